The minimum absolute atomic E-state index is 0.704. The quantitative estimate of drug-likeness (QED) is 0.622. The van der Waals surface area contributed by atoms with Gasteiger partial charge >= 0.3 is 0 Å². The highest BCUT2D eigenvalue weighted by Gasteiger charge is 2.20. The van der Waals surface area contributed by atoms with Crippen molar-refractivity contribution in [1.82, 2.24) is 24.3 Å². The molecule has 0 aliphatic carbocycles. The number of hydrogen-bond donors (Lipinski definition) is 0. The second kappa shape index (κ2) is 7.46. The summed E-state index contributed by atoms with van der Waals surface area (Å²) in [6.45, 7) is 6.14. The maximum Gasteiger partial charge on any atom is 0.228 e. The molecule has 9 heteroatoms. The van der Waals surface area contributed by atoms with Crippen LogP contribution >= 0.6 is 23.4 Å². The maximum atomic E-state index is 6.08. The molecule has 0 bridgehead atoms. The van der Waals surface area contributed by atoms with Gasteiger partial charge in [0.05, 0.1) is 30.0 Å². The molecule has 0 radical (unpaired) electrons. The van der Waals surface area contributed by atoms with Gasteiger partial charge in [-0.1, -0.05) is 23.4 Å². The van der Waals surface area contributed by atoms with Gasteiger partial charge in [0, 0.05) is 31.7 Å². The first kappa shape index (κ1) is 17.6. The average Bonchev–Trinajstić information content (AvgIpc) is 3.21. The first-order valence-electron chi connectivity index (χ1n) is 8.67. The lowest BCUT2D eigenvalue weighted by atomic mass is 10.3. The minimum Gasteiger partial charge on any atom is -0.378 e. The summed E-state index contributed by atoms with van der Waals surface area (Å²) in [6, 6.07) is 5.80. The Balaban J connectivity index is 1.54. The molecule has 3 aromatic rings. The van der Waals surface area contributed by atoms with Crippen LogP contribution < -0.4 is 4.90 Å². The number of fused-ring (bicyclic) bond motifs is 1. The lowest BCUT2D eigenvalue weighted by Gasteiger charge is -2.27. The van der Waals surface area contributed by atoms with Gasteiger partial charge in [-0.15, -0.1) is 10.2 Å². The molecule has 0 atom stereocenters. The predicted octanol–water partition coefficient (Wildman–Crippen LogP) is 2.97. The number of aromatic nitrogens is 5. The van der Waals surface area contributed by atoms with Crippen molar-refractivity contribution in [1.29, 1.82) is 0 Å². The Hall–Kier alpha value is -1.77. The van der Waals surface area contributed by atoms with Gasteiger partial charge in [0.2, 0.25) is 5.95 Å². The molecule has 1 aliphatic heterocycles. The van der Waals surface area contributed by atoms with Gasteiger partial charge in [-0.05, 0) is 25.1 Å². The van der Waals surface area contributed by atoms with Gasteiger partial charge in [0.15, 0.2) is 5.16 Å². The fourth-order valence-electron chi connectivity index (χ4n) is 3.14. The van der Waals surface area contributed by atoms with Crippen LogP contribution in [-0.4, -0.2) is 50.6 Å². The third kappa shape index (κ3) is 3.28. The Kier molecular flexibility index (Phi) is 5.06. The number of anilines is 1. The molecule has 0 saturated carbocycles. The standard InChI is InChI=1S/C17H21ClN6OS/c1-3-24-16(23-6-8-25-9-7-23)20-21-17(24)26-11-15-19-13-10-12(18)4-5-14(13)22(15)2/h4-5,10H,3,6-9,11H2,1-2H3. The van der Waals surface area contributed by atoms with Crippen molar-refractivity contribution >= 4 is 40.3 Å². The zero-order valence-electron chi connectivity index (χ0n) is 14.9. The van der Waals surface area contributed by atoms with Gasteiger partial charge in [0.25, 0.3) is 0 Å². The highest BCUT2D eigenvalue weighted by molar-refractivity contribution is 7.98. The Bertz CT molecular complexity index is 918. The van der Waals surface area contributed by atoms with Crippen LogP contribution in [0, 0.1) is 0 Å². The normalized spacial score (nSPS) is 15.1. The van der Waals surface area contributed by atoms with E-state index in [-0.39, 0.29) is 0 Å². The van der Waals surface area contributed by atoms with Gasteiger partial charge in [-0.25, -0.2) is 4.98 Å². The fourth-order valence-corrected chi connectivity index (χ4v) is 4.29. The van der Waals surface area contributed by atoms with E-state index in [1.54, 1.807) is 11.8 Å². The zero-order valence-corrected chi connectivity index (χ0v) is 16.4. The van der Waals surface area contributed by atoms with Crippen LogP contribution in [-0.2, 0) is 24.1 Å². The number of morpholine rings is 1. The smallest absolute Gasteiger partial charge is 0.228 e. The third-order valence-corrected chi connectivity index (χ3v) is 5.77. The number of thioether (sulfide) groups is 1. The van der Waals surface area contributed by atoms with Crippen LogP contribution in [0.3, 0.4) is 0 Å². The largest absolute Gasteiger partial charge is 0.378 e. The number of ether oxygens (including phenoxy) is 1. The van der Waals surface area contributed by atoms with E-state index in [4.69, 9.17) is 21.3 Å². The molecular formula is C17H21ClN6OS. The van der Waals surface area contributed by atoms with E-state index >= 15 is 0 Å². The summed E-state index contributed by atoms with van der Waals surface area (Å²) in [5, 5.41) is 10.4. The van der Waals surface area contributed by atoms with Crippen molar-refractivity contribution in [3.8, 4) is 0 Å². The highest BCUT2D eigenvalue weighted by atomic mass is 35.5. The van der Waals surface area contributed by atoms with E-state index in [1.807, 2.05) is 25.2 Å². The first-order valence-corrected chi connectivity index (χ1v) is 10.0. The highest BCUT2D eigenvalue weighted by Crippen LogP contribution is 2.27. The van der Waals surface area contributed by atoms with Crippen molar-refractivity contribution in [2.24, 2.45) is 7.05 Å². The molecule has 1 aromatic carbocycles. The number of nitrogens with zero attached hydrogens (tertiary/aromatic N) is 6. The monoisotopic (exact) mass is 392 g/mol. The average molecular weight is 393 g/mol. The molecular weight excluding hydrogens is 372 g/mol. The molecule has 4 rings (SSSR count). The summed E-state index contributed by atoms with van der Waals surface area (Å²) in [5.74, 6) is 2.64. The van der Waals surface area contributed by atoms with Crippen molar-refractivity contribution < 1.29 is 4.74 Å². The molecule has 1 saturated heterocycles. The summed E-state index contributed by atoms with van der Waals surface area (Å²) >= 11 is 7.74. The topological polar surface area (TPSA) is 61.0 Å². The summed E-state index contributed by atoms with van der Waals surface area (Å²) in [4.78, 5) is 6.95. The van der Waals surface area contributed by atoms with E-state index in [2.05, 4.69) is 31.2 Å². The van der Waals surface area contributed by atoms with Crippen LogP contribution in [0.1, 0.15) is 12.7 Å². The van der Waals surface area contributed by atoms with Gasteiger partial charge in [-0.3, -0.25) is 4.57 Å². The molecule has 0 unspecified atom stereocenters. The van der Waals surface area contributed by atoms with Crippen molar-refractivity contribution in [3.05, 3.63) is 29.0 Å². The van der Waals surface area contributed by atoms with Crippen LogP contribution in [0.25, 0.3) is 11.0 Å². The van der Waals surface area contributed by atoms with Gasteiger partial charge in [-0.2, -0.15) is 0 Å². The van der Waals surface area contributed by atoms with Crippen molar-refractivity contribution in [3.63, 3.8) is 0 Å². The summed E-state index contributed by atoms with van der Waals surface area (Å²) in [6.07, 6.45) is 0. The van der Waals surface area contributed by atoms with Gasteiger partial charge < -0.3 is 14.2 Å². The number of imidazole rings is 1. The Morgan fingerprint density at radius 2 is 2.04 bits per heavy atom. The number of hydrogen-bond acceptors (Lipinski definition) is 6. The van der Waals surface area contributed by atoms with E-state index in [0.717, 1.165) is 66.6 Å². The Morgan fingerprint density at radius 3 is 2.81 bits per heavy atom. The first-order chi connectivity index (χ1) is 12.7. The van der Waals surface area contributed by atoms with Gasteiger partial charge in [0.1, 0.15) is 5.82 Å². The van der Waals surface area contributed by atoms with Crippen LogP contribution in [0.15, 0.2) is 23.4 Å². The molecule has 0 spiro atoms. The summed E-state index contributed by atoms with van der Waals surface area (Å²) in [5.41, 5.74) is 2.00. The molecule has 7 nitrogen and oxygen atoms in total. The minimum atomic E-state index is 0.704. The maximum absolute atomic E-state index is 6.08. The lowest BCUT2D eigenvalue weighted by molar-refractivity contribution is 0.121. The molecule has 138 valence electrons. The summed E-state index contributed by atoms with van der Waals surface area (Å²) < 4.78 is 9.70. The molecule has 26 heavy (non-hydrogen) atoms. The number of benzene rings is 1. The van der Waals surface area contributed by atoms with Crippen LogP contribution in [0.5, 0.6) is 0 Å². The van der Waals surface area contributed by atoms with E-state index in [9.17, 15) is 0 Å². The fraction of sp³-hybridized carbons (Fsp3) is 0.471. The van der Waals surface area contributed by atoms with E-state index in [0.29, 0.717) is 5.02 Å². The molecule has 0 amide bonds. The molecule has 0 N–H and O–H groups in total. The van der Waals surface area contributed by atoms with Crippen LogP contribution in [0.2, 0.25) is 5.02 Å². The molecule has 3 heterocycles. The molecule has 1 fully saturated rings. The SMILES string of the molecule is CCn1c(SCc2nc3cc(Cl)ccc3n2C)nnc1N1CCOCC1. The Morgan fingerprint density at radius 1 is 1.23 bits per heavy atom. The third-order valence-electron chi connectivity index (χ3n) is 4.57. The second-order valence-electron chi connectivity index (χ2n) is 6.14. The number of aryl methyl sites for hydroxylation is 1. The van der Waals surface area contributed by atoms with Crippen molar-refractivity contribution in [2.75, 3.05) is 31.2 Å². The Labute approximate surface area is 161 Å². The lowest BCUT2D eigenvalue weighted by Crippen LogP contribution is -2.38. The van der Waals surface area contributed by atoms with Crippen molar-refractivity contribution in [2.45, 2.75) is 24.4 Å². The van der Waals surface area contributed by atoms with E-state index < -0.39 is 0 Å². The molecule has 2 aromatic heterocycles. The number of halogens is 1. The number of rotatable bonds is 5. The van der Waals surface area contributed by atoms with E-state index in [1.165, 1.54) is 0 Å². The predicted molar refractivity (Wildman–Crippen MR) is 104 cm³/mol. The second-order valence-corrected chi connectivity index (χ2v) is 7.51. The molecule has 1 aliphatic rings. The summed E-state index contributed by atoms with van der Waals surface area (Å²) in [7, 11) is 2.03. The van der Waals surface area contributed by atoms with Crippen LogP contribution in [0.4, 0.5) is 5.95 Å². The zero-order chi connectivity index (χ0) is 18.1.